The highest BCUT2D eigenvalue weighted by atomic mass is 19.4. The molecule has 0 aromatic heterocycles. The first-order valence-corrected chi connectivity index (χ1v) is 5.82. The fraction of sp³-hybridized carbons (Fsp3) is 1.00. The van der Waals surface area contributed by atoms with Gasteiger partial charge < -0.3 is 10.1 Å². The molecule has 0 aliphatic heterocycles. The average Bonchev–Trinajstić information content (AvgIpc) is 2.25. The number of nitrogens with one attached hydrogen (secondary N) is 1. The van der Waals surface area contributed by atoms with Crippen LogP contribution >= 0.6 is 0 Å². The molecule has 5 heteroatoms. The molecule has 1 aliphatic rings. The molecule has 1 fully saturated rings. The zero-order chi connectivity index (χ0) is 12.2. The normalized spacial score (nSPS) is 31.7. The molecule has 0 bridgehead atoms. The van der Waals surface area contributed by atoms with Crippen LogP contribution in [0, 0.1) is 0 Å². The van der Waals surface area contributed by atoms with Crippen molar-refractivity contribution in [3.05, 3.63) is 0 Å². The fourth-order valence-corrected chi connectivity index (χ4v) is 2.43. The molecule has 1 N–H and O–H groups in total. The number of ether oxygens (including phenoxy) is 1. The highest BCUT2D eigenvalue weighted by Gasteiger charge is 2.59. The lowest BCUT2D eigenvalue weighted by atomic mass is 9.78. The van der Waals surface area contributed by atoms with Gasteiger partial charge >= 0.3 is 6.18 Å². The highest BCUT2D eigenvalue weighted by Crippen LogP contribution is 2.42. The van der Waals surface area contributed by atoms with Crippen LogP contribution in [-0.2, 0) is 4.74 Å². The minimum absolute atomic E-state index is 0.120. The summed E-state index contributed by atoms with van der Waals surface area (Å²) < 4.78 is 44.7. The van der Waals surface area contributed by atoms with Crippen LogP contribution in [0.4, 0.5) is 13.2 Å². The molecule has 0 aromatic rings. The summed E-state index contributed by atoms with van der Waals surface area (Å²) in [5.74, 6) is 0. The Kier molecular flexibility index (Phi) is 4.62. The van der Waals surface area contributed by atoms with E-state index in [0.29, 0.717) is 25.8 Å². The summed E-state index contributed by atoms with van der Waals surface area (Å²) in [6.07, 6.45) is -2.30. The van der Waals surface area contributed by atoms with Crippen molar-refractivity contribution in [2.45, 2.75) is 56.8 Å². The summed E-state index contributed by atoms with van der Waals surface area (Å²) in [4.78, 5) is 0. The average molecular weight is 239 g/mol. The molecule has 2 nitrogen and oxygen atoms in total. The van der Waals surface area contributed by atoms with Crippen LogP contribution in [0.2, 0.25) is 0 Å². The van der Waals surface area contributed by atoms with Gasteiger partial charge in [0, 0.05) is 7.11 Å². The smallest absolute Gasteiger partial charge is 0.379 e. The van der Waals surface area contributed by atoms with Crippen LogP contribution in [-0.4, -0.2) is 31.5 Å². The summed E-state index contributed by atoms with van der Waals surface area (Å²) in [7, 11) is 1.37. The van der Waals surface area contributed by atoms with Crippen molar-refractivity contribution in [1.29, 1.82) is 0 Å². The molecule has 0 amide bonds. The van der Waals surface area contributed by atoms with Gasteiger partial charge in [0.15, 0.2) is 0 Å². The van der Waals surface area contributed by atoms with Crippen molar-refractivity contribution in [3.63, 3.8) is 0 Å². The zero-order valence-corrected chi connectivity index (χ0v) is 9.86. The first-order valence-electron chi connectivity index (χ1n) is 5.82. The number of halogens is 3. The minimum Gasteiger partial charge on any atom is -0.379 e. The molecule has 0 spiro atoms. The summed E-state index contributed by atoms with van der Waals surface area (Å²) in [5.41, 5.74) is -1.84. The third-order valence-corrected chi connectivity index (χ3v) is 3.32. The predicted molar refractivity (Wildman–Crippen MR) is 56.3 cm³/mol. The summed E-state index contributed by atoms with van der Waals surface area (Å²) in [6.45, 7) is 2.24. The lowest BCUT2D eigenvalue weighted by Crippen LogP contribution is -2.66. The number of alkyl halides is 3. The Balaban J connectivity index is 2.90. The molecule has 1 rings (SSSR count). The van der Waals surface area contributed by atoms with E-state index in [-0.39, 0.29) is 6.42 Å². The number of rotatable bonds is 4. The van der Waals surface area contributed by atoms with Crippen molar-refractivity contribution in [1.82, 2.24) is 5.32 Å². The maximum atomic E-state index is 13.2. The van der Waals surface area contributed by atoms with Crippen molar-refractivity contribution >= 4 is 0 Å². The van der Waals surface area contributed by atoms with Crippen LogP contribution in [0.3, 0.4) is 0 Å². The molecule has 0 heterocycles. The standard InChI is InChI=1S/C11H20F3NO/c1-3-8-15-10(11(12,13)14)7-5-4-6-9(10)16-2/h9,15H,3-8H2,1-2H3. The van der Waals surface area contributed by atoms with E-state index in [0.717, 1.165) is 6.42 Å². The molecule has 96 valence electrons. The van der Waals surface area contributed by atoms with Gasteiger partial charge in [-0.1, -0.05) is 19.8 Å². The summed E-state index contributed by atoms with van der Waals surface area (Å²) in [6, 6.07) is 0. The van der Waals surface area contributed by atoms with Gasteiger partial charge in [0.2, 0.25) is 0 Å². The molecule has 0 radical (unpaired) electrons. The second-order valence-corrected chi connectivity index (χ2v) is 4.37. The summed E-state index contributed by atoms with van der Waals surface area (Å²) in [5, 5.41) is 2.68. The molecular weight excluding hydrogens is 219 g/mol. The van der Waals surface area contributed by atoms with Crippen LogP contribution in [0.1, 0.15) is 39.0 Å². The molecule has 0 aromatic carbocycles. The van der Waals surface area contributed by atoms with Crippen LogP contribution in [0.25, 0.3) is 0 Å². The van der Waals surface area contributed by atoms with E-state index < -0.39 is 17.8 Å². The van der Waals surface area contributed by atoms with Crippen LogP contribution < -0.4 is 5.32 Å². The second kappa shape index (κ2) is 5.36. The fourth-order valence-electron chi connectivity index (χ4n) is 2.43. The van der Waals surface area contributed by atoms with Gasteiger partial charge in [-0.15, -0.1) is 0 Å². The van der Waals surface area contributed by atoms with Crippen LogP contribution in [0.15, 0.2) is 0 Å². The Labute approximate surface area is 94.5 Å². The number of hydrogen-bond acceptors (Lipinski definition) is 2. The lowest BCUT2D eigenvalue weighted by Gasteiger charge is -2.45. The summed E-state index contributed by atoms with van der Waals surface area (Å²) >= 11 is 0. The topological polar surface area (TPSA) is 21.3 Å². The van der Waals surface area contributed by atoms with E-state index in [2.05, 4.69) is 5.32 Å². The van der Waals surface area contributed by atoms with Gasteiger partial charge in [0.1, 0.15) is 5.54 Å². The molecule has 1 saturated carbocycles. The molecule has 1 aliphatic carbocycles. The van der Waals surface area contributed by atoms with E-state index in [1.54, 1.807) is 0 Å². The van der Waals surface area contributed by atoms with Crippen molar-refractivity contribution in [3.8, 4) is 0 Å². The molecular formula is C11H20F3NO. The van der Waals surface area contributed by atoms with Crippen molar-refractivity contribution < 1.29 is 17.9 Å². The number of hydrogen-bond donors (Lipinski definition) is 1. The Morgan fingerprint density at radius 2 is 2.06 bits per heavy atom. The third kappa shape index (κ3) is 2.51. The first-order chi connectivity index (χ1) is 7.48. The monoisotopic (exact) mass is 239 g/mol. The lowest BCUT2D eigenvalue weighted by molar-refractivity contribution is -0.237. The van der Waals surface area contributed by atoms with E-state index in [4.69, 9.17) is 4.74 Å². The van der Waals surface area contributed by atoms with Crippen molar-refractivity contribution in [2.24, 2.45) is 0 Å². The second-order valence-electron chi connectivity index (χ2n) is 4.37. The molecule has 2 unspecified atom stereocenters. The predicted octanol–water partition coefficient (Wildman–Crippen LogP) is 2.88. The maximum Gasteiger partial charge on any atom is 0.409 e. The van der Waals surface area contributed by atoms with Crippen molar-refractivity contribution in [2.75, 3.05) is 13.7 Å². The third-order valence-electron chi connectivity index (χ3n) is 3.32. The Hall–Kier alpha value is -0.290. The molecule has 0 saturated heterocycles. The van der Waals surface area contributed by atoms with Crippen LogP contribution in [0.5, 0.6) is 0 Å². The SMILES string of the molecule is CCCNC1(C(F)(F)F)CCCCC1OC. The quantitative estimate of drug-likeness (QED) is 0.814. The minimum atomic E-state index is -4.25. The van der Waals surface area contributed by atoms with Gasteiger partial charge in [-0.05, 0) is 25.8 Å². The molecule has 16 heavy (non-hydrogen) atoms. The Morgan fingerprint density at radius 1 is 1.38 bits per heavy atom. The van der Waals surface area contributed by atoms with Gasteiger partial charge in [0.05, 0.1) is 6.10 Å². The van der Waals surface area contributed by atoms with E-state index in [1.807, 2.05) is 6.92 Å². The Bertz CT molecular complexity index is 220. The van der Waals surface area contributed by atoms with Gasteiger partial charge in [0.25, 0.3) is 0 Å². The number of methoxy groups -OCH3 is 1. The van der Waals surface area contributed by atoms with Gasteiger partial charge in [-0.2, -0.15) is 13.2 Å². The van der Waals surface area contributed by atoms with E-state index >= 15 is 0 Å². The maximum absolute atomic E-state index is 13.2. The van der Waals surface area contributed by atoms with Gasteiger partial charge in [-0.3, -0.25) is 0 Å². The zero-order valence-electron chi connectivity index (χ0n) is 9.86. The highest BCUT2D eigenvalue weighted by molar-refractivity contribution is 5.03. The largest absolute Gasteiger partial charge is 0.409 e. The van der Waals surface area contributed by atoms with E-state index in [1.165, 1.54) is 7.11 Å². The van der Waals surface area contributed by atoms with E-state index in [9.17, 15) is 13.2 Å². The first kappa shape index (κ1) is 13.8. The van der Waals surface area contributed by atoms with Gasteiger partial charge in [-0.25, -0.2) is 0 Å². The Morgan fingerprint density at radius 3 is 2.56 bits per heavy atom. The molecule has 2 atom stereocenters.